The Labute approximate surface area is 94.8 Å². The minimum Gasteiger partial charge on any atom is -0.497 e. The lowest BCUT2D eigenvalue weighted by Crippen LogP contribution is -2.35. The van der Waals surface area contributed by atoms with E-state index >= 15 is 0 Å². The van der Waals surface area contributed by atoms with Gasteiger partial charge in [-0.15, -0.1) is 0 Å². The van der Waals surface area contributed by atoms with E-state index in [0.29, 0.717) is 5.69 Å². The second-order valence-corrected chi connectivity index (χ2v) is 3.98. The first-order valence-electron chi connectivity index (χ1n) is 5.43. The Morgan fingerprint density at radius 1 is 1.50 bits per heavy atom. The predicted molar refractivity (Wildman–Crippen MR) is 62.4 cm³/mol. The van der Waals surface area contributed by atoms with Crippen LogP contribution in [-0.2, 0) is 4.79 Å². The molecule has 0 aromatic heterocycles. The zero-order chi connectivity index (χ0) is 11.5. The Balaban J connectivity index is 2.28. The van der Waals surface area contributed by atoms with Gasteiger partial charge in [0, 0.05) is 18.3 Å². The molecule has 3 N–H and O–H groups in total. The number of hydrogen-bond acceptors (Lipinski definition) is 3. The number of nitrogens with two attached hydrogens (primary N) is 1. The molecule has 1 aliphatic rings. The van der Waals surface area contributed by atoms with Crippen LogP contribution in [0.1, 0.15) is 24.3 Å². The van der Waals surface area contributed by atoms with Gasteiger partial charge in [0.25, 0.3) is 0 Å². The van der Waals surface area contributed by atoms with Gasteiger partial charge in [-0.05, 0) is 24.5 Å². The fourth-order valence-corrected chi connectivity index (χ4v) is 2.07. The second-order valence-electron chi connectivity index (χ2n) is 3.98. The molecule has 1 aliphatic heterocycles. The van der Waals surface area contributed by atoms with E-state index in [2.05, 4.69) is 5.32 Å². The summed E-state index contributed by atoms with van der Waals surface area (Å²) in [6, 6.07) is 5.48. The molecule has 4 heteroatoms. The molecule has 1 aromatic rings. The standard InChI is InChI=1S/C12H16N2O2/c1-16-8-4-5-9(11(13)7-8)10-3-2-6-14-12(10)15/h4-5,7,10H,2-3,6,13H2,1H3,(H,14,15). The Morgan fingerprint density at radius 3 is 2.94 bits per heavy atom. The van der Waals surface area contributed by atoms with Crippen molar-refractivity contribution in [1.29, 1.82) is 0 Å². The lowest BCUT2D eigenvalue weighted by molar-refractivity contribution is -0.123. The fourth-order valence-electron chi connectivity index (χ4n) is 2.07. The van der Waals surface area contributed by atoms with Gasteiger partial charge in [-0.1, -0.05) is 6.07 Å². The summed E-state index contributed by atoms with van der Waals surface area (Å²) in [5.41, 5.74) is 7.46. The van der Waals surface area contributed by atoms with Crippen molar-refractivity contribution in [2.45, 2.75) is 18.8 Å². The number of benzene rings is 1. The number of nitrogens with one attached hydrogen (secondary N) is 1. The molecule has 16 heavy (non-hydrogen) atoms. The van der Waals surface area contributed by atoms with Crippen molar-refractivity contribution in [3.63, 3.8) is 0 Å². The third kappa shape index (κ3) is 1.96. The molecule has 1 amide bonds. The number of carbonyl (C=O) groups excluding carboxylic acids is 1. The minimum absolute atomic E-state index is 0.0723. The van der Waals surface area contributed by atoms with E-state index in [1.807, 2.05) is 12.1 Å². The van der Waals surface area contributed by atoms with Gasteiger partial charge in [0.1, 0.15) is 5.75 Å². The van der Waals surface area contributed by atoms with Gasteiger partial charge < -0.3 is 15.8 Å². The summed E-state index contributed by atoms with van der Waals surface area (Å²) in [4.78, 5) is 11.7. The molecule has 86 valence electrons. The lowest BCUT2D eigenvalue weighted by Gasteiger charge is -2.23. The van der Waals surface area contributed by atoms with Crippen molar-refractivity contribution in [3.05, 3.63) is 23.8 Å². The molecular weight excluding hydrogens is 204 g/mol. The highest BCUT2D eigenvalue weighted by Crippen LogP contribution is 2.31. The van der Waals surface area contributed by atoms with E-state index < -0.39 is 0 Å². The summed E-state index contributed by atoms with van der Waals surface area (Å²) in [5.74, 6) is 0.681. The molecule has 0 radical (unpaired) electrons. The Bertz CT molecular complexity index is 404. The van der Waals surface area contributed by atoms with Gasteiger partial charge in [0.15, 0.2) is 0 Å². The molecule has 0 spiro atoms. The quantitative estimate of drug-likeness (QED) is 0.738. The van der Waals surface area contributed by atoms with E-state index in [1.54, 1.807) is 13.2 Å². The van der Waals surface area contributed by atoms with E-state index in [0.717, 1.165) is 30.7 Å². The average Bonchev–Trinajstić information content (AvgIpc) is 2.30. The van der Waals surface area contributed by atoms with Crippen LogP contribution in [0.2, 0.25) is 0 Å². The molecule has 4 nitrogen and oxygen atoms in total. The number of piperidine rings is 1. The van der Waals surface area contributed by atoms with Gasteiger partial charge in [0.2, 0.25) is 5.91 Å². The topological polar surface area (TPSA) is 64.3 Å². The molecule has 1 saturated heterocycles. The van der Waals surface area contributed by atoms with Gasteiger partial charge >= 0.3 is 0 Å². The largest absolute Gasteiger partial charge is 0.497 e. The molecule has 1 atom stereocenters. The molecule has 0 saturated carbocycles. The van der Waals surface area contributed by atoms with Crippen LogP contribution in [0.4, 0.5) is 5.69 Å². The number of methoxy groups -OCH3 is 1. The number of ether oxygens (including phenoxy) is 1. The van der Waals surface area contributed by atoms with E-state index in [-0.39, 0.29) is 11.8 Å². The molecule has 1 unspecified atom stereocenters. The monoisotopic (exact) mass is 220 g/mol. The molecule has 0 bridgehead atoms. The van der Waals surface area contributed by atoms with Crippen LogP contribution in [-0.4, -0.2) is 19.6 Å². The maximum absolute atomic E-state index is 11.7. The summed E-state index contributed by atoms with van der Waals surface area (Å²) in [6.45, 7) is 0.769. The van der Waals surface area contributed by atoms with Crippen molar-refractivity contribution in [2.75, 3.05) is 19.4 Å². The van der Waals surface area contributed by atoms with Crippen molar-refractivity contribution >= 4 is 11.6 Å². The average molecular weight is 220 g/mol. The predicted octanol–water partition coefficient (Wildman–Crippen LogP) is 1.27. The summed E-state index contributed by atoms with van der Waals surface area (Å²) in [6.07, 6.45) is 1.87. The maximum Gasteiger partial charge on any atom is 0.227 e. The molecule has 2 rings (SSSR count). The van der Waals surface area contributed by atoms with E-state index in [9.17, 15) is 4.79 Å². The molecule has 1 aromatic carbocycles. The normalized spacial score (nSPS) is 20.3. The summed E-state index contributed by atoms with van der Waals surface area (Å²) >= 11 is 0. The van der Waals surface area contributed by atoms with Gasteiger partial charge in [0.05, 0.1) is 13.0 Å². The fraction of sp³-hybridized carbons (Fsp3) is 0.417. The number of amides is 1. The SMILES string of the molecule is COc1ccc(C2CCCNC2=O)c(N)c1. The van der Waals surface area contributed by atoms with Crippen LogP contribution >= 0.6 is 0 Å². The van der Waals surface area contributed by atoms with Crippen LogP contribution in [0.15, 0.2) is 18.2 Å². The Kier molecular flexibility index (Phi) is 2.99. The van der Waals surface area contributed by atoms with Gasteiger partial charge in [-0.25, -0.2) is 0 Å². The number of nitrogen functional groups attached to an aromatic ring is 1. The lowest BCUT2D eigenvalue weighted by atomic mass is 9.90. The Morgan fingerprint density at radius 2 is 2.31 bits per heavy atom. The molecule has 1 heterocycles. The van der Waals surface area contributed by atoms with Crippen molar-refractivity contribution < 1.29 is 9.53 Å². The summed E-state index contributed by atoms with van der Waals surface area (Å²) in [5, 5.41) is 2.86. The molecule has 0 aliphatic carbocycles. The van der Waals surface area contributed by atoms with Crippen LogP contribution in [0.5, 0.6) is 5.75 Å². The molecular formula is C12H16N2O2. The van der Waals surface area contributed by atoms with E-state index in [4.69, 9.17) is 10.5 Å². The molecule has 1 fully saturated rings. The highest BCUT2D eigenvalue weighted by atomic mass is 16.5. The zero-order valence-electron chi connectivity index (χ0n) is 9.32. The zero-order valence-corrected chi connectivity index (χ0v) is 9.32. The minimum atomic E-state index is -0.111. The number of hydrogen-bond donors (Lipinski definition) is 2. The Hall–Kier alpha value is -1.71. The smallest absolute Gasteiger partial charge is 0.227 e. The second kappa shape index (κ2) is 4.43. The van der Waals surface area contributed by atoms with Crippen LogP contribution in [0.25, 0.3) is 0 Å². The third-order valence-electron chi connectivity index (χ3n) is 2.95. The summed E-state index contributed by atoms with van der Waals surface area (Å²) < 4.78 is 5.08. The summed E-state index contributed by atoms with van der Waals surface area (Å²) in [7, 11) is 1.60. The highest BCUT2D eigenvalue weighted by Gasteiger charge is 2.25. The van der Waals surface area contributed by atoms with Crippen molar-refractivity contribution in [3.8, 4) is 5.75 Å². The van der Waals surface area contributed by atoms with Gasteiger partial charge in [-0.2, -0.15) is 0 Å². The van der Waals surface area contributed by atoms with E-state index in [1.165, 1.54) is 0 Å². The highest BCUT2D eigenvalue weighted by molar-refractivity contribution is 5.86. The third-order valence-corrected chi connectivity index (χ3v) is 2.95. The first-order valence-corrected chi connectivity index (χ1v) is 5.43. The van der Waals surface area contributed by atoms with Gasteiger partial charge in [-0.3, -0.25) is 4.79 Å². The number of carbonyl (C=O) groups is 1. The van der Waals surface area contributed by atoms with Crippen LogP contribution in [0, 0.1) is 0 Å². The van der Waals surface area contributed by atoms with Crippen LogP contribution < -0.4 is 15.8 Å². The first-order chi connectivity index (χ1) is 7.72. The number of rotatable bonds is 2. The van der Waals surface area contributed by atoms with Crippen LogP contribution in [0.3, 0.4) is 0 Å². The maximum atomic E-state index is 11.7. The number of anilines is 1. The van der Waals surface area contributed by atoms with Crippen molar-refractivity contribution in [2.24, 2.45) is 0 Å². The van der Waals surface area contributed by atoms with Crippen molar-refractivity contribution in [1.82, 2.24) is 5.32 Å². The first kappa shape index (κ1) is 10.8.